The van der Waals surface area contributed by atoms with Gasteiger partial charge >= 0.3 is 6.09 Å². The van der Waals surface area contributed by atoms with Gasteiger partial charge in [-0.15, -0.1) is 0 Å². The molecular formula is C14H24N2O3. The highest BCUT2D eigenvalue weighted by Crippen LogP contribution is 2.15. The number of alkyl carbamates (subject to hydrolysis) is 1. The molecule has 1 rings (SSSR count). The lowest BCUT2D eigenvalue weighted by molar-refractivity contribution is 0.0524. The van der Waals surface area contributed by atoms with E-state index in [9.17, 15) is 4.79 Å². The Kier molecular flexibility index (Phi) is 5.00. The SMILES string of the molecule is Cc1cc(CC(N)CNC(=O)OC(C)(C)C)c(C)o1. The maximum absolute atomic E-state index is 11.5. The third-order valence-corrected chi connectivity index (χ3v) is 2.53. The first kappa shape index (κ1) is 15.6. The van der Waals surface area contributed by atoms with Crippen molar-refractivity contribution in [2.24, 2.45) is 5.73 Å². The normalized spacial score (nSPS) is 13.2. The second-order valence-corrected chi connectivity index (χ2v) is 5.79. The van der Waals surface area contributed by atoms with Gasteiger partial charge in [0, 0.05) is 12.6 Å². The van der Waals surface area contributed by atoms with Crippen molar-refractivity contribution < 1.29 is 13.9 Å². The van der Waals surface area contributed by atoms with Gasteiger partial charge in [0.25, 0.3) is 0 Å². The molecule has 0 bridgehead atoms. The Labute approximate surface area is 114 Å². The Morgan fingerprint density at radius 2 is 2.11 bits per heavy atom. The van der Waals surface area contributed by atoms with Crippen LogP contribution in [0.25, 0.3) is 0 Å². The van der Waals surface area contributed by atoms with E-state index < -0.39 is 11.7 Å². The molecule has 0 aliphatic rings. The predicted octanol–water partition coefficient (Wildman–Crippen LogP) is 2.29. The molecule has 0 aromatic carbocycles. The Morgan fingerprint density at radius 1 is 1.47 bits per heavy atom. The summed E-state index contributed by atoms with van der Waals surface area (Å²) in [4.78, 5) is 11.5. The smallest absolute Gasteiger partial charge is 0.407 e. The molecule has 5 heteroatoms. The third kappa shape index (κ3) is 5.79. The largest absolute Gasteiger partial charge is 0.466 e. The topological polar surface area (TPSA) is 77.5 Å². The molecule has 5 nitrogen and oxygen atoms in total. The van der Waals surface area contributed by atoms with Gasteiger partial charge in [0.2, 0.25) is 0 Å². The fourth-order valence-electron chi connectivity index (χ4n) is 1.77. The Balaban J connectivity index is 2.38. The van der Waals surface area contributed by atoms with E-state index in [2.05, 4.69) is 5.32 Å². The lowest BCUT2D eigenvalue weighted by Gasteiger charge is -2.20. The zero-order chi connectivity index (χ0) is 14.6. The molecule has 1 aromatic heterocycles. The van der Waals surface area contributed by atoms with Crippen molar-refractivity contribution in [1.29, 1.82) is 0 Å². The molecule has 3 N–H and O–H groups in total. The third-order valence-electron chi connectivity index (χ3n) is 2.53. The number of carbonyl (C=O) groups is 1. The highest BCUT2D eigenvalue weighted by molar-refractivity contribution is 5.67. The number of ether oxygens (including phenoxy) is 1. The molecule has 1 atom stereocenters. The van der Waals surface area contributed by atoms with Crippen LogP contribution in [0.1, 0.15) is 37.9 Å². The van der Waals surface area contributed by atoms with Crippen LogP contribution in [0.15, 0.2) is 10.5 Å². The van der Waals surface area contributed by atoms with Gasteiger partial charge in [0.15, 0.2) is 0 Å². The summed E-state index contributed by atoms with van der Waals surface area (Å²) in [6.07, 6.45) is 0.224. The van der Waals surface area contributed by atoms with E-state index in [1.165, 1.54) is 0 Å². The van der Waals surface area contributed by atoms with Crippen molar-refractivity contribution in [3.63, 3.8) is 0 Å². The molecule has 0 saturated carbocycles. The maximum Gasteiger partial charge on any atom is 0.407 e. The molecule has 1 amide bonds. The van der Waals surface area contributed by atoms with Gasteiger partial charge < -0.3 is 20.2 Å². The van der Waals surface area contributed by atoms with E-state index in [-0.39, 0.29) is 6.04 Å². The van der Waals surface area contributed by atoms with Crippen LogP contribution in [0.4, 0.5) is 4.79 Å². The van der Waals surface area contributed by atoms with Crippen molar-refractivity contribution in [2.75, 3.05) is 6.54 Å². The molecule has 1 aromatic rings. The number of furan rings is 1. The van der Waals surface area contributed by atoms with E-state index in [1.807, 2.05) is 40.7 Å². The van der Waals surface area contributed by atoms with Gasteiger partial charge in [-0.1, -0.05) is 0 Å². The predicted molar refractivity (Wildman–Crippen MR) is 74.1 cm³/mol. The summed E-state index contributed by atoms with van der Waals surface area (Å²) in [7, 11) is 0. The number of hydrogen-bond acceptors (Lipinski definition) is 4. The molecule has 19 heavy (non-hydrogen) atoms. The van der Waals surface area contributed by atoms with Crippen LogP contribution >= 0.6 is 0 Å². The fourth-order valence-corrected chi connectivity index (χ4v) is 1.77. The molecule has 1 heterocycles. The lowest BCUT2D eigenvalue weighted by atomic mass is 10.1. The second kappa shape index (κ2) is 6.10. The molecule has 0 aliphatic carbocycles. The standard InChI is InChI=1S/C14H24N2O3/c1-9-6-11(10(2)18-9)7-12(15)8-16-13(17)19-14(3,4)5/h6,12H,7-8,15H2,1-5H3,(H,16,17). The van der Waals surface area contributed by atoms with Crippen LogP contribution in [0, 0.1) is 13.8 Å². The van der Waals surface area contributed by atoms with Gasteiger partial charge in [0.1, 0.15) is 17.1 Å². The van der Waals surface area contributed by atoms with E-state index in [0.29, 0.717) is 13.0 Å². The number of amides is 1. The average molecular weight is 268 g/mol. The van der Waals surface area contributed by atoms with Crippen molar-refractivity contribution >= 4 is 6.09 Å². The van der Waals surface area contributed by atoms with Crippen molar-refractivity contribution in [1.82, 2.24) is 5.32 Å². The summed E-state index contributed by atoms with van der Waals surface area (Å²) < 4.78 is 10.6. The number of nitrogens with two attached hydrogens (primary N) is 1. The molecule has 0 fully saturated rings. The summed E-state index contributed by atoms with van der Waals surface area (Å²) in [6, 6.07) is 1.81. The number of nitrogens with one attached hydrogen (secondary N) is 1. The first-order chi connectivity index (χ1) is 8.67. The Hall–Kier alpha value is -1.49. The second-order valence-electron chi connectivity index (χ2n) is 5.79. The van der Waals surface area contributed by atoms with Gasteiger partial charge in [-0.25, -0.2) is 4.79 Å². The van der Waals surface area contributed by atoms with Crippen molar-refractivity contribution in [3.05, 3.63) is 23.2 Å². The van der Waals surface area contributed by atoms with Crippen LogP contribution in [-0.2, 0) is 11.2 Å². The fraction of sp³-hybridized carbons (Fsp3) is 0.643. The highest BCUT2D eigenvalue weighted by atomic mass is 16.6. The van der Waals surface area contributed by atoms with Crippen LogP contribution < -0.4 is 11.1 Å². The summed E-state index contributed by atoms with van der Waals surface area (Å²) in [5, 5.41) is 2.67. The van der Waals surface area contributed by atoms with Crippen LogP contribution in [-0.4, -0.2) is 24.3 Å². The Morgan fingerprint density at radius 3 is 2.58 bits per heavy atom. The maximum atomic E-state index is 11.5. The average Bonchev–Trinajstić information content (AvgIpc) is 2.52. The van der Waals surface area contributed by atoms with Gasteiger partial charge in [0.05, 0.1) is 0 Å². The van der Waals surface area contributed by atoms with E-state index in [0.717, 1.165) is 17.1 Å². The van der Waals surface area contributed by atoms with Crippen LogP contribution in [0.2, 0.25) is 0 Å². The molecule has 0 saturated heterocycles. The number of carbonyl (C=O) groups excluding carboxylic acids is 1. The molecule has 0 radical (unpaired) electrons. The van der Waals surface area contributed by atoms with E-state index in [4.69, 9.17) is 14.9 Å². The lowest BCUT2D eigenvalue weighted by Crippen LogP contribution is -2.41. The summed E-state index contributed by atoms with van der Waals surface area (Å²) in [5.41, 5.74) is 6.57. The highest BCUT2D eigenvalue weighted by Gasteiger charge is 2.17. The Bertz CT molecular complexity index is 432. The van der Waals surface area contributed by atoms with Gasteiger partial charge in [-0.2, -0.15) is 0 Å². The molecular weight excluding hydrogens is 244 g/mol. The summed E-state index contributed by atoms with van der Waals surface area (Å²) in [6.45, 7) is 9.66. The van der Waals surface area contributed by atoms with Crippen LogP contribution in [0.5, 0.6) is 0 Å². The van der Waals surface area contributed by atoms with Crippen LogP contribution in [0.3, 0.4) is 0 Å². The minimum Gasteiger partial charge on any atom is -0.466 e. The van der Waals surface area contributed by atoms with E-state index in [1.54, 1.807) is 0 Å². The van der Waals surface area contributed by atoms with Gasteiger partial charge in [-0.05, 0) is 52.7 Å². The molecule has 1 unspecified atom stereocenters. The quantitative estimate of drug-likeness (QED) is 0.878. The zero-order valence-electron chi connectivity index (χ0n) is 12.4. The summed E-state index contributed by atoms with van der Waals surface area (Å²) in [5.74, 6) is 1.75. The minimum absolute atomic E-state index is 0.164. The first-order valence-corrected chi connectivity index (χ1v) is 6.45. The van der Waals surface area contributed by atoms with Crippen molar-refractivity contribution in [2.45, 2.75) is 52.7 Å². The summed E-state index contributed by atoms with van der Waals surface area (Å²) >= 11 is 0. The molecule has 108 valence electrons. The molecule has 0 aliphatic heterocycles. The number of hydrogen-bond donors (Lipinski definition) is 2. The zero-order valence-corrected chi connectivity index (χ0v) is 12.4. The van der Waals surface area contributed by atoms with Crippen molar-refractivity contribution in [3.8, 4) is 0 Å². The number of rotatable bonds is 4. The number of aryl methyl sites for hydroxylation is 2. The minimum atomic E-state index is -0.494. The van der Waals surface area contributed by atoms with E-state index >= 15 is 0 Å². The van der Waals surface area contributed by atoms with Gasteiger partial charge in [-0.3, -0.25) is 0 Å². The molecule has 0 spiro atoms. The monoisotopic (exact) mass is 268 g/mol. The first-order valence-electron chi connectivity index (χ1n) is 6.45.